The topological polar surface area (TPSA) is 100 Å². The van der Waals surface area contributed by atoms with Crippen molar-refractivity contribution in [2.75, 3.05) is 33.3 Å². The molecule has 3 aromatic carbocycles. The number of hydrogen-bond donors (Lipinski definition) is 1. The first kappa shape index (κ1) is 26.3. The number of amides is 1. The van der Waals surface area contributed by atoms with E-state index in [-0.39, 0.29) is 17.0 Å². The lowest BCUT2D eigenvalue weighted by Crippen LogP contribution is -2.21. The second-order valence-corrected chi connectivity index (χ2v) is 7.77. The van der Waals surface area contributed by atoms with Crippen LogP contribution in [0.2, 0.25) is 5.02 Å². The van der Waals surface area contributed by atoms with Crippen molar-refractivity contribution in [2.45, 2.75) is 0 Å². The maximum absolute atomic E-state index is 12.9. The van der Waals surface area contributed by atoms with Gasteiger partial charge in [-0.1, -0.05) is 41.9 Å². The molecule has 0 heterocycles. The Bertz CT molecular complexity index is 1260. The fourth-order valence-corrected chi connectivity index (χ4v) is 3.46. The Kier molecular flexibility index (Phi) is 9.07. The van der Waals surface area contributed by atoms with Gasteiger partial charge < -0.3 is 24.3 Å². The Morgan fingerprint density at radius 2 is 1.56 bits per heavy atom. The van der Waals surface area contributed by atoms with Gasteiger partial charge in [0.1, 0.15) is 0 Å². The molecule has 8 nitrogen and oxygen atoms in total. The monoisotopic (exact) mass is 509 g/mol. The first-order chi connectivity index (χ1) is 17.4. The van der Waals surface area contributed by atoms with Gasteiger partial charge in [0, 0.05) is 22.2 Å². The van der Waals surface area contributed by atoms with Crippen LogP contribution in [0.3, 0.4) is 0 Å². The van der Waals surface area contributed by atoms with Gasteiger partial charge in [0.25, 0.3) is 5.91 Å². The average molecular weight is 510 g/mol. The number of nitrogens with one attached hydrogen (secondary N) is 1. The Balaban J connectivity index is 1.65. The molecule has 0 saturated carbocycles. The molecule has 1 N–H and O–H groups in total. The van der Waals surface area contributed by atoms with E-state index in [4.69, 9.17) is 30.5 Å². The fraction of sp³-hybridized carbons (Fsp3) is 0.148. The highest BCUT2D eigenvalue weighted by atomic mass is 35.5. The maximum Gasteiger partial charge on any atom is 0.331 e. The van der Waals surface area contributed by atoms with Crippen molar-refractivity contribution in [3.05, 3.63) is 88.5 Å². The van der Waals surface area contributed by atoms with Gasteiger partial charge in [0.05, 0.1) is 27.0 Å². The predicted octanol–water partition coefficient (Wildman–Crippen LogP) is 4.79. The molecular formula is C27H24ClNO7. The summed E-state index contributed by atoms with van der Waals surface area (Å²) in [6.07, 6.45) is 2.65. The van der Waals surface area contributed by atoms with Crippen LogP contribution in [-0.2, 0) is 14.3 Å². The lowest BCUT2D eigenvalue weighted by atomic mass is 10.0. The second kappa shape index (κ2) is 12.4. The van der Waals surface area contributed by atoms with Crippen LogP contribution in [-0.4, -0.2) is 45.6 Å². The first-order valence-electron chi connectivity index (χ1n) is 10.7. The van der Waals surface area contributed by atoms with Gasteiger partial charge >= 0.3 is 5.97 Å². The molecule has 0 aromatic heterocycles. The standard InChI is InChI=1S/C27H24ClNO7/c1-33-22-13-17(14-23(34-2)27(22)35-3)9-12-25(31)36-16-24(30)29-21-11-10-19(28)15-20(21)26(32)18-7-5-4-6-8-18/h4-15H,16H2,1-3H3,(H,29,30). The van der Waals surface area contributed by atoms with Gasteiger partial charge in [-0.2, -0.15) is 0 Å². The summed E-state index contributed by atoms with van der Waals surface area (Å²) in [4.78, 5) is 37.5. The molecule has 0 unspecified atom stereocenters. The third-order valence-corrected chi connectivity index (χ3v) is 5.22. The molecule has 0 bridgehead atoms. The highest BCUT2D eigenvalue weighted by Gasteiger charge is 2.17. The molecule has 9 heteroatoms. The number of ether oxygens (including phenoxy) is 4. The highest BCUT2D eigenvalue weighted by Crippen LogP contribution is 2.38. The van der Waals surface area contributed by atoms with Crippen LogP contribution in [0, 0.1) is 0 Å². The number of halogens is 1. The summed E-state index contributed by atoms with van der Waals surface area (Å²) in [5.41, 5.74) is 1.51. The summed E-state index contributed by atoms with van der Waals surface area (Å²) >= 11 is 6.06. The second-order valence-electron chi connectivity index (χ2n) is 7.33. The number of benzene rings is 3. The van der Waals surface area contributed by atoms with Crippen LogP contribution in [0.25, 0.3) is 6.08 Å². The van der Waals surface area contributed by atoms with E-state index in [0.717, 1.165) is 0 Å². The molecule has 1 amide bonds. The van der Waals surface area contributed by atoms with Crippen molar-refractivity contribution in [2.24, 2.45) is 0 Å². The maximum atomic E-state index is 12.9. The van der Waals surface area contributed by atoms with Crippen LogP contribution < -0.4 is 19.5 Å². The van der Waals surface area contributed by atoms with E-state index in [9.17, 15) is 14.4 Å². The van der Waals surface area contributed by atoms with E-state index in [1.54, 1.807) is 48.5 Å². The van der Waals surface area contributed by atoms with Gasteiger partial charge in [-0.3, -0.25) is 9.59 Å². The number of hydrogen-bond acceptors (Lipinski definition) is 7. The number of rotatable bonds is 10. The quantitative estimate of drug-likeness (QED) is 0.238. The summed E-state index contributed by atoms with van der Waals surface area (Å²) < 4.78 is 20.9. The lowest BCUT2D eigenvalue weighted by molar-refractivity contribution is -0.142. The van der Waals surface area contributed by atoms with Gasteiger partial charge in [-0.05, 0) is 42.0 Å². The SMILES string of the molecule is COc1cc(C=CC(=O)OCC(=O)Nc2ccc(Cl)cc2C(=O)c2ccccc2)cc(OC)c1OC. The molecular weight excluding hydrogens is 486 g/mol. The van der Waals surface area contributed by atoms with Crippen molar-refractivity contribution >= 4 is 41.0 Å². The molecule has 0 spiro atoms. The molecule has 3 rings (SSSR count). The summed E-state index contributed by atoms with van der Waals surface area (Å²) in [6.45, 7) is -0.556. The number of anilines is 1. The zero-order valence-corrected chi connectivity index (χ0v) is 20.6. The molecule has 0 aliphatic carbocycles. The van der Waals surface area contributed by atoms with E-state index in [1.807, 2.05) is 0 Å². The van der Waals surface area contributed by atoms with Crippen LogP contribution in [0.1, 0.15) is 21.5 Å². The smallest absolute Gasteiger partial charge is 0.331 e. The number of methoxy groups -OCH3 is 3. The van der Waals surface area contributed by atoms with Crippen molar-refractivity contribution in [3.8, 4) is 17.2 Å². The summed E-state index contributed by atoms with van der Waals surface area (Å²) in [7, 11) is 4.46. The van der Waals surface area contributed by atoms with Crippen molar-refractivity contribution in [3.63, 3.8) is 0 Å². The number of carbonyl (C=O) groups is 3. The zero-order chi connectivity index (χ0) is 26.1. The van der Waals surface area contributed by atoms with Crippen molar-refractivity contribution in [1.29, 1.82) is 0 Å². The molecule has 0 aliphatic heterocycles. The molecule has 0 saturated heterocycles. The van der Waals surface area contributed by atoms with Crippen LogP contribution >= 0.6 is 11.6 Å². The Labute approximate surface area is 213 Å². The van der Waals surface area contributed by atoms with E-state index < -0.39 is 18.5 Å². The van der Waals surface area contributed by atoms with Crippen LogP contribution in [0.5, 0.6) is 17.2 Å². The summed E-state index contributed by atoms with van der Waals surface area (Å²) in [5, 5.41) is 2.94. The normalized spacial score (nSPS) is 10.6. The minimum absolute atomic E-state index is 0.218. The van der Waals surface area contributed by atoms with Gasteiger partial charge in [-0.15, -0.1) is 0 Å². The molecule has 0 fully saturated rings. The molecule has 3 aromatic rings. The average Bonchev–Trinajstić information content (AvgIpc) is 2.91. The van der Waals surface area contributed by atoms with E-state index in [0.29, 0.717) is 33.4 Å². The molecule has 0 aliphatic rings. The zero-order valence-electron chi connectivity index (χ0n) is 19.9. The minimum atomic E-state index is -0.740. The summed E-state index contributed by atoms with van der Waals surface area (Å²) in [5.74, 6) is -0.395. The minimum Gasteiger partial charge on any atom is -0.493 e. The van der Waals surface area contributed by atoms with E-state index in [1.165, 1.54) is 45.6 Å². The molecule has 0 radical (unpaired) electrons. The van der Waals surface area contributed by atoms with Gasteiger partial charge in [0.2, 0.25) is 5.75 Å². The Morgan fingerprint density at radius 1 is 0.889 bits per heavy atom. The molecule has 36 heavy (non-hydrogen) atoms. The summed E-state index contributed by atoms with van der Waals surface area (Å²) in [6, 6.07) is 16.4. The largest absolute Gasteiger partial charge is 0.493 e. The predicted molar refractivity (Wildman–Crippen MR) is 136 cm³/mol. The third kappa shape index (κ3) is 6.64. The molecule has 0 atom stereocenters. The number of ketones is 1. The Morgan fingerprint density at radius 3 is 2.17 bits per heavy atom. The van der Waals surface area contributed by atoms with Crippen molar-refractivity contribution in [1.82, 2.24) is 0 Å². The lowest BCUT2D eigenvalue weighted by Gasteiger charge is -2.12. The Hall–Kier alpha value is -4.30. The number of esters is 1. The van der Waals surface area contributed by atoms with Crippen LogP contribution in [0.15, 0.2) is 66.7 Å². The highest BCUT2D eigenvalue weighted by molar-refractivity contribution is 6.31. The fourth-order valence-electron chi connectivity index (χ4n) is 3.29. The van der Waals surface area contributed by atoms with Crippen molar-refractivity contribution < 1.29 is 33.3 Å². The van der Waals surface area contributed by atoms with Gasteiger partial charge in [-0.25, -0.2) is 4.79 Å². The van der Waals surface area contributed by atoms with Crippen LogP contribution in [0.4, 0.5) is 5.69 Å². The number of carbonyl (C=O) groups excluding carboxylic acids is 3. The first-order valence-corrected chi connectivity index (χ1v) is 11.1. The van der Waals surface area contributed by atoms with Gasteiger partial charge in [0.15, 0.2) is 23.9 Å². The third-order valence-electron chi connectivity index (χ3n) is 4.98. The van der Waals surface area contributed by atoms with E-state index in [2.05, 4.69) is 5.32 Å². The molecule has 186 valence electrons. The van der Waals surface area contributed by atoms with E-state index >= 15 is 0 Å².